The summed E-state index contributed by atoms with van der Waals surface area (Å²) in [5.74, 6) is 0.155. The lowest BCUT2D eigenvalue weighted by atomic mass is 9.96. The van der Waals surface area contributed by atoms with Crippen LogP contribution in [-0.2, 0) is 29.7 Å². The molecule has 1 aliphatic rings. The van der Waals surface area contributed by atoms with Crippen molar-refractivity contribution >= 4 is 35.8 Å². The number of aromatic amines is 1. The predicted molar refractivity (Wildman–Crippen MR) is 157 cm³/mol. The maximum absolute atomic E-state index is 13.7. The molecule has 0 saturated carbocycles. The average Bonchev–Trinajstić information content (AvgIpc) is 3.48. The fourth-order valence-electron chi connectivity index (χ4n) is 4.05. The molecule has 1 saturated heterocycles. The third-order valence-electron chi connectivity index (χ3n) is 6.63. The Morgan fingerprint density at radius 1 is 1.29 bits per heavy atom. The number of aliphatic hydroxyl groups excluding tert-OH is 2. The molecule has 14 nitrogen and oxygen atoms in total. The van der Waals surface area contributed by atoms with E-state index in [1.54, 1.807) is 13.8 Å². The standard InChI is InChI=1S/C25H34N5O9PS.CH4/c1-24(2,13-31)23(34)41-10-9-37-40(36,29-11-16-7-5-4-6-8-16)38-12-17-19(32)25(3,35)22(39-17)30-15-28-18-20(30)26-14-27-21(18)33;/h4-8,14-15,17,19,22,31-32,35H,9-13H2,1-3H3,(H,29,36)(H,26,27,33);1H4/t17-,19-,22-,25-,40?;/m1./s1. The predicted octanol–water partition coefficient (Wildman–Crippen LogP) is 1.97. The monoisotopic (exact) mass is 627 g/mol. The van der Waals surface area contributed by atoms with Gasteiger partial charge in [0, 0.05) is 12.3 Å². The number of ether oxygens (including phenoxy) is 1. The number of aromatic nitrogens is 4. The third-order valence-corrected chi connectivity index (χ3v) is 9.37. The molecule has 5 N–H and O–H groups in total. The average molecular weight is 628 g/mol. The Morgan fingerprint density at radius 3 is 2.69 bits per heavy atom. The van der Waals surface area contributed by atoms with Crippen LogP contribution < -0.4 is 10.6 Å². The Morgan fingerprint density at radius 2 is 2.00 bits per heavy atom. The summed E-state index contributed by atoms with van der Waals surface area (Å²) in [5, 5.41) is 34.0. The first-order chi connectivity index (χ1) is 19.4. The number of thioether (sulfide) groups is 1. The second kappa shape index (κ2) is 13.9. The molecule has 3 heterocycles. The van der Waals surface area contributed by atoms with Crippen molar-refractivity contribution in [3.8, 4) is 0 Å². The van der Waals surface area contributed by atoms with Crippen LogP contribution in [-0.4, -0.2) is 83.3 Å². The molecule has 1 aromatic carbocycles. The minimum atomic E-state index is -4.01. The number of aliphatic hydroxyl groups is 3. The number of fused-ring (bicyclic) bond motifs is 1. The molecule has 5 atom stereocenters. The van der Waals surface area contributed by atoms with E-state index in [0.29, 0.717) is 0 Å². The summed E-state index contributed by atoms with van der Waals surface area (Å²) >= 11 is 0.942. The van der Waals surface area contributed by atoms with Crippen LogP contribution in [0.15, 0.2) is 47.8 Å². The van der Waals surface area contributed by atoms with Crippen molar-refractivity contribution in [3.05, 3.63) is 58.9 Å². The lowest BCUT2D eigenvalue weighted by Gasteiger charge is -2.27. The highest BCUT2D eigenvalue weighted by atomic mass is 32.2. The fraction of sp³-hybridized carbons (Fsp3) is 0.538. The zero-order valence-electron chi connectivity index (χ0n) is 22.8. The number of H-pyrrole nitrogens is 1. The van der Waals surface area contributed by atoms with Crippen molar-refractivity contribution in [2.24, 2.45) is 5.41 Å². The topological polar surface area (TPSA) is 198 Å². The Balaban J connectivity index is 0.00000484. The first kappa shape index (κ1) is 34.0. The van der Waals surface area contributed by atoms with Crippen molar-refractivity contribution in [2.45, 2.75) is 58.8 Å². The summed E-state index contributed by atoms with van der Waals surface area (Å²) in [5.41, 5.74) is -2.28. The molecule has 4 rings (SSSR count). The smallest absolute Gasteiger partial charge is 0.395 e. The minimum absolute atomic E-state index is 0. The summed E-state index contributed by atoms with van der Waals surface area (Å²) in [6.45, 7) is 3.87. The van der Waals surface area contributed by atoms with E-state index in [0.717, 1.165) is 17.3 Å². The molecule has 1 aliphatic heterocycles. The summed E-state index contributed by atoms with van der Waals surface area (Å²) in [7, 11) is -4.01. The molecule has 1 fully saturated rings. The van der Waals surface area contributed by atoms with Crippen LogP contribution in [0, 0.1) is 5.41 Å². The highest BCUT2D eigenvalue weighted by Crippen LogP contribution is 2.46. The number of hydrogen-bond donors (Lipinski definition) is 5. The van der Waals surface area contributed by atoms with Crippen LogP contribution in [0.3, 0.4) is 0 Å². The number of benzene rings is 1. The van der Waals surface area contributed by atoms with Gasteiger partial charge in [-0.1, -0.05) is 49.5 Å². The number of rotatable bonds is 13. The lowest BCUT2D eigenvalue weighted by molar-refractivity contribution is -0.119. The molecule has 0 aliphatic carbocycles. The van der Waals surface area contributed by atoms with Crippen LogP contribution >= 0.6 is 19.5 Å². The molecule has 0 bridgehead atoms. The molecule has 0 amide bonds. The van der Waals surface area contributed by atoms with E-state index in [4.69, 9.17) is 13.8 Å². The Kier molecular flexibility index (Phi) is 11.3. The van der Waals surface area contributed by atoms with E-state index in [-0.39, 0.29) is 49.2 Å². The SMILES string of the molecule is C.CC(C)(CO)C(=O)SCCOP(=O)(NCc1ccccc1)OC[C@H]1O[C@@H](n2cnc3c(=O)[nH]cnc32)[C@](C)(O)[C@@H]1O. The van der Waals surface area contributed by atoms with Gasteiger partial charge in [0.05, 0.1) is 37.9 Å². The van der Waals surface area contributed by atoms with E-state index in [1.165, 1.54) is 24.1 Å². The van der Waals surface area contributed by atoms with E-state index in [1.807, 2.05) is 30.3 Å². The van der Waals surface area contributed by atoms with Gasteiger partial charge in [0.15, 0.2) is 22.5 Å². The zero-order chi connectivity index (χ0) is 29.8. The molecule has 42 heavy (non-hydrogen) atoms. The Labute approximate surface area is 247 Å². The summed E-state index contributed by atoms with van der Waals surface area (Å²) in [6, 6.07) is 9.13. The van der Waals surface area contributed by atoms with Gasteiger partial charge in [-0.05, 0) is 26.3 Å². The highest BCUT2D eigenvalue weighted by molar-refractivity contribution is 8.13. The lowest BCUT2D eigenvalue weighted by Crippen LogP contribution is -2.44. The number of imidazole rings is 1. The third kappa shape index (κ3) is 7.54. The molecule has 1 unspecified atom stereocenters. The second-order valence-corrected chi connectivity index (χ2v) is 13.3. The van der Waals surface area contributed by atoms with Gasteiger partial charge in [0.1, 0.15) is 17.8 Å². The number of carbonyl (C=O) groups excluding carboxylic acids is 1. The van der Waals surface area contributed by atoms with Gasteiger partial charge in [-0.2, -0.15) is 0 Å². The molecule has 0 radical (unpaired) electrons. The van der Waals surface area contributed by atoms with Gasteiger partial charge in [-0.15, -0.1) is 0 Å². The first-order valence-corrected chi connectivity index (χ1v) is 15.3. The Hall–Kier alpha value is -2.46. The van der Waals surface area contributed by atoms with Crippen LogP contribution in [0.2, 0.25) is 0 Å². The van der Waals surface area contributed by atoms with Crippen LogP contribution in [0.25, 0.3) is 11.2 Å². The molecule has 0 spiro atoms. The second-order valence-electron chi connectivity index (χ2n) is 10.4. The van der Waals surface area contributed by atoms with E-state index in [2.05, 4.69) is 20.0 Å². The van der Waals surface area contributed by atoms with Crippen molar-refractivity contribution < 1.29 is 38.5 Å². The Bertz CT molecular complexity index is 1450. The number of nitrogens with one attached hydrogen (secondary N) is 2. The van der Waals surface area contributed by atoms with Gasteiger partial charge in [-0.25, -0.2) is 19.6 Å². The fourth-order valence-corrected chi connectivity index (χ4v) is 6.29. The number of carbonyl (C=O) groups is 1. The summed E-state index contributed by atoms with van der Waals surface area (Å²) in [4.78, 5) is 34.9. The quantitative estimate of drug-likeness (QED) is 0.136. The summed E-state index contributed by atoms with van der Waals surface area (Å²) in [6.07, 6.45) is -1.37. The number of nitrogens with zero attached hydrogens (tertiary/aromatic N) is 3. The molecule has 2 aromatic heterocycles. The van der Waals surface area contributed by atoms with E-state index < -0.39 is 49.4 Å². The first-order valence-electron chi connectivity index (χ1n) is 12.8. The normalized spacial score (nSPS) is 23.9. The van der Waals surface area contributed by atoms with E-state index >= 15 is 0 Å². The van der Waals surface area contributed by atoms with E-state index in [9.17, 15) is 29.5 Å². The zero-order valence-corrected chi connectivity index (χ0v) is 24.5. The van der Waals surface area contributed by atoms with Gasteiger partial charge in [-0.3, -0.25) is 23.2 Å². The molecule has 3 aromatic rings. The number of hydrogen-bond acceptors (Lipinski definition) is 12. The summed E-state index contributed by atoms with van der Waals surface area (Å²) < 4.78 is 32.2. The molecule has 232 valence electrons. The molecule has 16 heteroatoms. The van der Waals surface area contributed by atoms with Crippen LogP contribution in [0.5, 0.6) is 0 Å². The maximum atomic E-state index is 13.7. The van der Waals surface area contributed by atoms with Gasteiger partial charge >= 0.3 is 7.75 Å². The largest absolute Gasteiger partial charge is 0.405 e. The molecular weight excluding hydrogens is 589 g/mol. The van der Waals surface area contributed by atoms with Crippen molar-refractivity contribution in [3.63, 3.8) is 0 Å². The van der Waals surface area contributed by atoms with Crippen molar-refractivity contribution in [1.29, 1.82) is 0 Å². The highest BCUT2D eigenvalue weighted by Gasteiger charge is 2.54. The van der Waals surface area contributed by atoms with Crippen LogP contribution in [0.4, 0.5) is 0 Å². The van der Waals surface area contributed by atoms with Gasteiger partial charge in [0.25, 0.3) is 5.56 Å². The van der Waals surface area contributed by atoms with Crippen molar-refractivity contribution in [1.82, 2.24) is 24.6 Å². The minimum Gasteiger partial charge on any atom is -0.395 e. The van der Waals surface area contributed by atoms with Gasteiger partial charge in [0.2, 0.25) is 0 Å². The van der Waals surface area contributed by atoms with Crippen molar-refractivity contribution in [2.75, 3.05) is 25.6 Å². The van der Waals surface area contributed by atoms with Gasteiger partial charge < -0.3 is 25.0 Å². The van der Waals surface area contributed by atoms with Crippen LogP contribution in [0.1, 0.15) is 40.0 Å². The maximum Gasteiger partial charge on any atom is 0.405 e. The molecular formula is C26H38N5O9PS.